The number of rotatable bonds is 3. The molecule has 3 fully saturated rings. The van der Waals surface area contributed by atoms with Crippen molar-refractivity contribution >= 4 is 33.1 Å². The Morgan fingerprint density at radius 2 is 1.82 bits per heavy atom. The highest BCUT2D eigenvalue weighted by Crippen LogP contribution is 2.71. The predicted octanol–water partition coefficient (Wildman–Crippen LogP) is 2.43. The number of piperidine rings is 1. The van der Waals surface area contributed by atoms with Gasteiger partial charge in [0.05, 0.1) is 11.1 Å². The average Bonchev–Trinajstić information content (AvgIpc) is 3.23. The minimum absolute atomic E-state index is 0.00270. The number of Topliss-reactive ketones (excluding diaryl/α,β-unsaturated/α-hetero) is 1. The molecular formula is C19H27N3O4S2. The zero-order chi connectivity index (χ0) is 20.5. The van der Waals surface area contributed by atoms with Crippen LogP contribution in [0.4, 0.5) is 0 Å². The largest absolute Gasteiger partial charge is 0.342 e. The summed E-state index contributed by atoms with van der Waals surface area (Å²) in [6.07, 6.45) is 4.42. The normalized spacial score (nSPS) is 32.9. The number of carbonyl (C=O) groups excluding carboxylic acids is 2. The molecule has 1 amide bonds. The van der Waals surface area contributed by atoms with Crippen LogP contribution >= 0.6 is 11.5 Å². The molecule has 4 rings (SSSR count). The van der Waals surface area contributed by atoms with Gasteiger partial charge < -0.3 is 4.90 Å². The number of fused-ring (bicyclic) bond motifs is 2. The fourth-order valence-corrected chi connectivity index (χ4v) is 7.42. The van der Waals surface area contributed by atoms with Crippen molar-refractivity contribution in [3.8, 4) is 0 Å². The number of ketones is 1. The summed E-state index contributed by atoms with van der Waals surface area (Å²) in [5.41, 5.74) is -0.793. The van der Waals surface area contributed by atoms with Gasteiger partial charge in [-0.1, -0.05) is 25.3 Å². The SMILES string of the molecule is CC1(C)[C@]2(C(=O)N3CCC(c4nnsc4S(C)(=O)=O)CC3)CC[C@]1(C)C(=O)C2. The monoisotopic (exact) mass is 425 g/mol. The number of hydrogen-bond acceptors (Lipinski definition) is 7. The van der Waals surface area contributed by atoms with Crippen molar-refractivity contribution < 1.29 is 18.0 Å². The highest BCUT2D eigenvalue weighted by Gasteiger charge is 2.73. The number of carbonyl (C=O) groups is 2. The van der Waals surface area contributed by atoms with Crippen molar-refractivity contribution in [3.63, 3.8) is 0 Å². The van der Waals surface area contributed by atoms with Crippen molar-refractivity contribution in [1.29, 1.82) is 0 Å². The lowest BCUT2D eigenvalue weighted by atomic mass is 9.64. The lowest BCUT2D eigenvalue weighted by molar-refractivity contribution is -0.149. The van der Waals surface area contributed by atoms with E-state index in [4.69, 9.17) is 0 Å². The molecule has 1 aromatic heterocycles. The van der Waals surface area contributed by atoms with E-state index in [9.17, 15) is 18.0 Å². The van der Waals surface area contributed by atoms with Crippen LogP contribution in [0.5, 0.6) is 0 Å². The van der Waals surface area contributed by atoms with Crippen molar-refractivity contribution in [2.24, 2.45) is 16.2 Å². The van der Waals surface area contributed by atoms with Crippen molar-refractivity contribution in [3.05, 3.63) is 5.69 Å². The molecule has 1 saturated heterocycles. The van der Waals surface area contributed by atoms with Gasteiger partial charge >= 0.3 is 0 Å². The van der Waals surface area contributed by atoms with E-state index >= 15 is 0 Å². The summed E-state index contributed by atoms with van der Waals surface area (Å²) in [6.45, 7) is 7.30. The smallest absolute Gasteiger partial charge is 0.229 e. The summed E-state index contributed by atoms with van der Waals surface area (Å²) in [5.74, 6) is 0.320. The molecule has 3 aliphatic rings. The molecule has 0 aromatic carbocycles. The third-order valence-electron chi connectivity index (χ3n) is 8.10. The van der Waals surface area contributed by atoms with E-state index in [0.29, 0.717) is 38.0 Å². The highest BCUT2D eigenvalue weighted by atomic mass is 32.2. The summed E-state index contributed by atoms with van der Waals surface area (Å²) in [5, 5.41) is 4.07. The van der Waals surface area contributed by atoms with Gasteiger partial charge in [-0.2, -0.15) is 0 Å². The van der Waals surface area contributed by atoms with Gasteiger partial charge in [0.15, 0.2) is 14.0 Å². The molecule has 0 N–H and O–H groups in total. The molecule has 1 aromatic rings. The Morgan fingerprint density at radius 1 is 1.18 bits per heavy atom. The van der Waals surface area contributed by atoms with E-state index in [2.05, 4.69) is 23.4 Å². The molecule has 2 bridgehead atoms. The molecule has 0 radical (unpaired) electrons. The molecule has 2 saturated carbocycles. The van der Waals surface area contributed by atoms with Crippen LogP contribution < -0.4 is 0 Å². The van der Waals surface area contributed by atoms with Crippen LogP contribution in [0.15, 0.2) is 4.21 Å². The molecule has 0 spiro atoms. The molecule has 1 aliphatic heterocycles. The van der Waals surface area contributed by atoms with Crippen LogP contribution in [-0.4, -0.2) is 53.9 Å². The zero-order valence-electron chi connectivity index (χ0n) is 16.8. The molecule has 7 nitrogen and oxygen atoms in total. The molecule has 9 heteroatoms. The topological polar surface area (TPSA) is 97.3 Å². The fraction of sp³-hybridized carbons (Fsp3) is 0.789. The van der Waals surface area contributed by atoms with E-state index in [1.165, 1.54) is 6.26 Å². The van der Waals surface area contributed by atoms with Crippen molar-refractivity contribution in [1.82, 2.24) is 14.5 Å². The van der Waals surface area contributed by atoms with Crippen LogP contribution in [0.2, 0.25) is 0 Å². The maximum absolute atomic E-state index is 13.6. The number of nitrogens with zero attached hydrogens (tertiary/aromatic N) is 3. The van der Waals surface area contributed by atoms with Gasteiger partial charge in [-0.05, 0) is 31.1 Å². The minimum Gasteiger partial charge on any atom is -0.342 e. The molecule has 28 heavy (non-hydrogen) atoms. The first-order valence-electron chi connectivity index (χ1n) is 9.79. The van der Waals surface area contributed by atoms with Crippen LogP contribution in [0, 0.1) is 16.2 Å². The first kappa shape index (κ1) is 19.9. The Bertz CT molecular complexity index is 946. The Balaban J connectivity index is 1.52. The number of aromatic nitrogens is 2. The van der Waals surface area contributed by atoms with E-state index in [1.54, 1.807) is 0 Å². The molecular weight excluding hydrogens is 398 g/mol. The number of hydrogen-bond donors (Lipinski definition) is 0. The van der Waals surface area contributed by atoms with Crippen LogP contribution in [0.1, 0.15) is 64.5 Å². The highest BCUT2D eigenvalue weighted by molar-refractivity contribution is 7.92. The van der Waals surface area contributed by atoms with Gasteiger partial charge in [-0.3, -0.25) is 9.59 Å². The van der Waals surface area contributed by atoms with E-state index in [-0.39, 0.29) is 27.2 Å². The summed E-state index contributed by atoms with van der Waals surface area (Å²) < 4.78 is 28.0. The Morgan fingerprint density at radius 3 is 2.32 bits per heavy atom. The van der Waals surface area contributed by atoms with Gasteiger partial charge in [0.25, 0.3) is 0 Å². The second-order valence-electron chi connectivity index (χ2n) is 9.42. The molecule has 2 aliphatic carbocycles. The minimum atomic E-state index is -3.34. The first-order valence-corrected chi connectivity index (χ1v) is 12.5. The van der Waals surface area contributed by atoms with Crippen LogP contribution in [0.3, 0.4) is 0 Å². The number of sulfone groups is 1. The number of amides is 1. The van der Waals surface area contributed by atoms with Crippen LogP contribution in [-0.2, 0) is 19.4 Å². The lowest BCUT2D eigenvalue weighted by Crippen LogP contribution is -2.50. The summed E-state index contributed by atoms with van der Waals surface area (Å²) >= 11 is 0.919. The van der Waals surface area contributed by atoms with E-state index < -0.39 is 20.7 Å². The molecule has 0 unspecified atom stereocenters. The number of likely N-dealkylation sites (tertiary alicyclic amines) is 1. The van der Waals surface area contributed by atoms with E-state index in [0.717, 1.165) is 24.4 Å². The van der Waals surface area contributed by atoms with Crippen LogP contribution in [0.25, 0.3) is 0 Å². The Hall–Kier alpha value is -1.35. The summed E-state index contributed by atoms with van der Waals surface area (Å²) in [4.78, 5) is 28.1. The quantitative estimate of drug-likeness (QED) is 0.738. The second kappa shape index (κ2) is 6.08. The van der Waals surface area contributed by atoms with Gasteiger partial charge in [0, 0.05) is 48.6 Å². The zero-order valence-corrected chi connectivity index (χ0v) is 18.5. The van der Waals surface area contributed by atoms with Gasteiger partial charge in [0.2, 0.25) is 5.91 Å². The molecule has 154 valence electrons. The maximum atomic E-state index is 13.6. The van der Waals surface area contributed by atoms with Gasteiger partial charge in [0.1, 0.15) is 5.78 Å². The third kappa shape index (κ3) is 2.47. The fourth-order valence-electron chi connectivity index (χ4n) is 5.69. The Kier molecular flexibility index (Phi) is 4.33. The first-order chi connectivity index (χ1) is 12.9. The molecule has 2 atom stereocenters. The van der Waals surface area contributed by atoms with Gasteiger partial charge in [-0.15, -0.1) is 5.10 Å². The second-order valence-corrected chi connectivity index (χ2v) is 12.4. The van der Waals surface area contributed by atoms with E-state index in [1.807, 2.05) is 11.8 Å². The summed E-state index contributed by atoms with van der Waals surface area (Å²) in [6, 6.07) is 0. The van der Waals surface area contributed by atoms with Crippen molar-refractivity contribution in [2.45, 2.75) is 63.0 Å². The van der Waals surface area contributed by atoms with Gasteiger partial charge in [-0.25, -0.2) is 8.42 Å². The standard InChI is InChI=1S/C19H27N3O4S2/c1-17(2)18(3)7-8-19(17,11-13(18)23)16(24)22-9-5-12(6-10-22)14-15(27-21-20-14)28(4,25)26/h12H,5-11H2,1-4H3/t18-,19-/m1/s1. The Labute approximate surface area is 170 Å². The molecule has 2 heterocycles. The average molecular weight is 426 g/mol. The maximum Gasteiger partial charge on any atom is 0.229 e. The summed E-state index contributed by atoms with van der Waals surface area (Å²) in [7, 11) is -3.34. The predicted molar refractivity (Wildman–Crippen MR) is 105 cm³/mol. The van der Waals surface area contributed by atoms with Crippen molar-refractivity contribution in [2.75, 3.05) is 19.3 Å². The lowest BCUT2D eigenvalue weighted by Gasteiger charge is -2.43. The third-order valence-corrected chi connectivity index (χ3v) is 10.7.